The maximum atomic E-state index is 13.4. The number of nitrogens with zero attached hydrogens (tertiary/aromatic N) is 3. The van der Waals surface area contributed by atoms with Crippen molar-refractivity contribution >= 4 is 28.1 Å². The number of anilines is 2. The Balaban J connectivity index is 1.92. The van der Waals surface area contributed by atoms with E-state index in [0.717, 1.165) is 41.2 Å². The molecule has 1 saturated carbocycles. The molecule has 134 valence electrons. The number of hydrogen-bond donors (Lipinski definition) is 2. The van der Waals surface area contributed by atoms with E-state index >= 15 is 0 Å². The lowest BCUT2D eigenvalue weighted by atomic mass is 9.93. The predicted molar refractivity (Wildman–Crippen MR) is 89.6 cm³/mol. The number of amides is 1. The van der Waals surface area contributed by atoms with Gasteiger partial charge in [-0.05, 0) is 19.8 Å². The number of aromatic nitrogens is 2. The summed E-state index contributed by atoms with van der Waals surface area (Å²) in [5, 5.41) is 13.6. The molecule has 25 heavy (non-hydrogen) atoms. The van der Waals surface area contributed by atoms with E-state index in [1.807, 2.05) is 0 Å². The number of aryl methyl sites for hydroxylation is 1. The van der Waals surface area contributed by atoms with Crippen LogP contribution >= 0.6 is 11.3 Å². The molecule has 2 aromatic rings. The summed E-state index contributed by atoms with van der Waals surface area (Å²) < 4.78 is 26.8. The summed E-state index contributed by atoms with van der Waals surface area (Å²) in [6, 6.07) is 2.18. The SMILES string of the molecule is CC(=O)N(c1cc(F)nc(F)c1)c1nc(C(O)NC2CCC2)c(C)s1. The van der Waals surface area contributed by atoms with Gasteiger partial charge in [-0.25, -0.2) is 4.98 Å². The summed E-state index contributed by atoms with van der Waals surface area (Å²) in [6.45, 7) is 3.05. The second-order valence-corrected chi connectivity index (χ2v) is 7.14. The van der Waals surface area contributed by atoms with Crippen LogP contribution in [-0.2, 0) is 4.79 Å². The van der Waals surface area contributed by atoms with Gasteiger partial charge in [0.1, 0.15) is 6.23 Å². The number of halogens is 2. The third-order valence-corrected chi connectivity index (χ3v) is 5.06. The van der Waals surface area contributed by atoms with Crippen molar-refractivity contribution in [2.75, 3.05) is 4.90 Å². The molecule has 3 rings (SSSR count). The smallest absolute Gasteiger partial charge is 0.230 e. The van der Waals surface area contributed by atoms with Crippen molar-refractivity contribution < 1.29 is 18.7 Å². The van der Waals surface area contributed by atoms with Gasteiger partial charge in [-0.1, -0.05) is 6.42 Å². The van der Waals surface area contributed by atoms with Crippen molar-refractivity contribution in [2.24, 2.45) is 0 Å². The van der Waals surface area contributed by atoms with E-state index in [4.69, 9.17) is 0 Å². The van der Waals surface area contributed by atoms with Crippen molar-refractivity contribution in [3.8, 4) is 0 Å². The van der Waals surface area contributed by atoms with Crippen LogP contribution in [0.3, 0.4) is 0 Å². The van der Waals surface area contributed by atoms with Crippen LogP contribution in [0.15, 0.2) is 12.1 Å². The number of carbonyl (C=O) groups is 1. The molecule has 9 heteroatoms. The first-order valence-electron chi connectivity index (χ1n) is 7.90. The zero-order valence-corrected chi connectivity index (χ0v) is 14.6. The second-order valence-electron chi connectivity index (χ2n) is 5.96. The first-order chi connectivity index (χ1) is 11.8. The van der Waals surface area contributed by atoms with E-state index in [-0.39, 0.29) is 16.9 Å². The summed E-state index contributed by atoms with van der Waals surface area (Å²) in [5.41, 5.74) is 0.410. The van der Waals surface area contributed by atoms with Gasteiger partial charge in [0.15, 0.2) is 5.13 Å². The lowest BCUT2D eigenvalue weighted by Crippen LogP contribution is -2.38. The van der Waals surface area contributed by atoms with Gasteiger partial charge < -0.3 is 5.11 Å². The van der Waals surface area contributed by atoms with Crippen LogP contribution in [0.4, 0.5) is 19.6 Å². The molecule has 0 spiro atoms. The molecule has 1 unspecified atom stereocenters. The molecule has 0 bridgehead atoms. The van der Waals surface area contributed by atoms with Crippen LogP contribution in [0.5, 0.6) is 0 Å². The number of pyridine rings is 1. The number of hydrogen-bond acceptors (Lipinski definition) is 6. The largest absolute Gasteiger partial charge is 0.373 e. The Morgan fingerprint density at radius 3 is 2.52 bits per heavy atom. The molecular formula is C16H18F2N4O2S. The second kappa shape index (κ2) is 7.11. The minimum absolute atomic E-state index is 0.000702. The Labute approximate surface area is 147 Å². The fourth-order valence-electron chi connectivity index (χ4n) is 2.63. The van der Waals surface area contributed by atoms with Crippen LogP contribution < -0.4 is 10.2 Å². The molecule has 0 radical (unpaired) electrons. The third kappa shape index (κ3) is 3.83. The quantitative estimate of drug-likeness (QED) is 0.627. The molecule has 0 aliphatic heterocycles. The number of carbonyl (C=O) groups excluding carboxylic acids is 1. The van der Waals surface area contributed by atoms with Crippen molar-refractivity contribution in [1.82, 2.24) is 15.3 Å². The monoisotopic (exact) mass is 368 g/mol. The zero-order valence-electron chi connectivity index (χ0n) is 13.8. The molecule has 1 aliphatic rings. The number of thiazole rings is 1. The molecular weight excluding hydrogens is 350 g/mol. The average molecular weight is 368 g/mol. The van der Waals surface area contributed by atoms with Crippen LogP contribution in [0.25, 0.3) is 0 Å². The lowest BCUT2D eigenvalue weighted by molar-refractivity contribution is -0.115. The van der Waals surface area contributed by atoms with E-state index < -0.39 is 24.0 Å². The van der Waals surface area contributed by atoms with Gasteiger partial charge in [0.2, 0.25) is 17.8 Å². The third-order valence-electron chi connectivity index (χ3n) is 4.09. The average Bonchev–Trinajstić information content (AvgIpc) is 2.83. The molecule has 1 aliphatic carbocycles. The van der Waals surface area contributed by atoms with E-state index in [2.05, 4.69) is 15.3 Å². The Bertz CT molecular complexity index is 774. The van der Waals surface area contributed by atoms with Crippen LogP contribution in [-0.4, -0.2) is 27.0 Å². The van der Waals surface area contributed by atoms with Gasteiger partial charge in [-0.15, -0.1) is 11.3 Å². The number of aliphatic hydroxyl groups is 1. The standard InChI is InChI=1S/C16H18F2N4O2S/c1-8-14(15(24)19-10-4-3-5-10)21-16(25-8)22(9(2)23)11-6-12(17)20-13(18)7-11/h6-7,10,15,19,24H,3-5H2,1-2H3. The van der Waals surface area contributed by atoms with Gasteiger partial charge in [-0.3, -0.25) is 15.0 Å². The highest BCUT2D eigenvalue weighted by Gasteiger charge is 2.26. The topological polar surface area (TPSA) is 78.4 Å². The van der Waals surface area contributed by atoms with E-state index in [0.29, 0.717) is 5.69 Å². The molecule has 0 saturated heterocycles. The molecule has 2 aromatic heterocycles. The van der Waals surface area contributed by atoms with E-state index in [1.165, 1.54) is 18.3 Å². The number of aliphatic hydroxyl groups excluding tert-OH is 1. The summed E-state index contributed by atoms with van der Waals surface area (Å²) in [5.74, 6) is -2.50. The van der Waals surface area contributed by atoms with Crippen LogP contribution in [0.1, 0.15) is 43.0 Å². The van der Waals surface area contributed by atoms with Gasteiger partial charge in [-0.2, -0.15) is 13.8 Å². The number of nitrogens with one attached hydrogen (secondary N) is 1. The molecule has 1 atom stereocenters. The summed E-state index contributed by atoms with van der Waals surface area (Å²) >= 11 is 1.17. The Morgan fingerprint density at radius 2 is 2.00 bits per heavy atom. The minimum Gasteiger partial charge on any atom is -0.373 e. The maximum Gasteiger partial charge on any atom is 0.230 e. The Hall–Kier alpha value is -1.97. The van der Waals surface area contributed by atoms with Gasteiger partial charge >= 0.3 is 0 Å². The highest BCUT2D eigenvalue weighted by atomic mass is 32.1. The normalized spacial score (nSPS) is 15.7. The minimum atomic E-state index is -1.03. The summed E-state index contributed by atoms with van der Waals surface area (Å²) in [4.78, 5) is 21.2. The summed E-state index contributed by atoms with van der Waals surface area (Å²) in [6.07, 6.45) is 2.18. The first-order valence-corrected chi connectivity index (χ1v) is 8.72. The lowest BCUT2D eigenvalue weighted by Gasteiger charge is -2.28. The van der Waals surface area contributed by atoms with Crippen molar-refractivity contribution in [3.63, 3.8) is 0 Å². The fraction of sp³-hybridized carbons (Fsp3) is 0.438. The highest BCUT2D eigenvalue weighted by molar-refractivity contribution is 7.16. The molecule has 1 fully saturated rings. The molecule has 2 heterocycles. The van der Waals surface area contributed by atoms with Crippen LogP contribution in [0.2, 0.25) is 0 Å². The van der Waals surface area contributed by atoms with Crippen molar-refractivity contribution in [1.29, 1.82) is 0 Å². The maximum absolute atomic E-state index is 13.4. The number of rotatable bonds is 5. The van der Waals surface area contributed by atoms with E-state index in [1.54, 1.807) is 6.92 Å². The predicted octanol–water partition coefficient (Wildman–Crippen LogP) is 2.94. The molecule has 1 amide bonds. The molecule has 6 nitrogen and oxygen atoms in total. The molecule has 0 aromatic carbocycles. The van der Waals surface area contributed by atoms with Gasteiger partial charge in [0.25, 0.3) is 0 Å². The first kappa shape index (κ1) is 17.8. The van der Waals surface area contributed by atoms with Crippen molar-refractivity contribution in [2.45, 2.75) is 45.4 Å². The highest BCUT2D eigenvalue weighted by Crippen LogP contribution is 2.34. The molecule has 2 N–H and O–H groups in total. The fourth-order valence-corrected chi connectivity index (χ4v) is 3.63. The van der Waals surface area contributed by atoms with E-state index in [9.17, 15) is 18.7 Å². The zero-order chi connectivity index (χ0) is 18.1. The Morgan fingerprint density at radius 1 is 1.36 bits per heavy atom. The van der Waals surface area contributed by atoms with Crippen molar-refractivity contribution in [3.05, 3.63) is 34.6 Å². The summed E-state index contributed by atoms with van der Waals surface area (Å²) in [7, 11) is 0. The van der Waals surface area contributed by atoms with Gasteiger partial charge in [0.05, 0.1) is 11.4 Å². The van der Waals surface area contributed by atoms with Gasteiger partial charge in [0, 0.05) is 30.0 Å². The van der Waals surface area contributed by atoms with Crippen LogP contribution in [0, 0.1) is 18.8 Å². The Kier molecular flexibility index (Phi) is 5.07.